The van der Waals surface area contributed by atoms with Gasteiger partial charge in [-0.05, 0) is 38.3 Å². The second-order valence-electron chi connectivity index (χ2n) is 8.51. The number of hydrazine groups is 1. The van der Waals surface area contributed by atoms with Crippen LogP contribution in [0.3, 0.4) is 0 Å². The normalized spacial score (nSPS) is 19.9. The predicted octanol–water partition coefficient (Wildman–Crippen LogP) is 0.787. The Kier molecular flexibility index (Phi) is 9.36. The van der Waals surface area contributed by atoms with Crippen LogP contribution in [0.4, 0.5) is 0 Å². The quantitative estimate of drug-likeness (QED) is 0.382. The van der Waals surface area contributed by atoms with Gasteiger partial charge in [0, 0.05) is 25.5 Å². The van der Waals surface area contributed by atoms with E-state index in [-0.39, 0.29) is 50.4 Å². The highest BCUT2D eigenvalue weighted by Gasteiger charge is 2.44. The number of benzene rings is 1. The van der Waals surface area contributed by atoms with Crippen LogP contribution in [-0.4, -0.2) is 70.8 Å². The zero-order valence-electron chi connectivity index (χ0n) is 20.7. The first-order chi connectivity index (χ1) is 17.7. The molecular formula is C25H30N4O8. The van der Waals surface area contributed by atoms with Gasteiger partial charge in [0.15, 0.2) is 0 Å². The summed E-state index contributed by atoms with van der Waals surface area (Å²) >= 11 is 0. The smallest absolute Gasteiger partial charge is 0.311 e. The second kappa shape index (κ2) is 12.7. The molecular weight excluding hydrogens is 484 g/mol. The lowest BCUT2D eigenvalue weighted by Gasteiger charge is -2.43. The summed E-state index contributed by atoms with van der Waals surface area (Å²) in [6, 6.07) is 6.23. The average Bonchev–Trinajstić information content (AvgIpc) is 2.99. The SMILES string of the molecule is CCOC(=O)CC(=COC(C)=O)NC(=O)C1CCCN2C(=O)CCC(NC(=O)c3ccccc3)C(=O)N12. The molecule has 2 aliphatic rings. The van der Waals surface area contributed by atoms with Gasteiger partial charge < -0.3 is 20.1 Å². The molecule has 0 spiro atoms. The fourth-order valence-corrected chi connectivity index (χ4v) is 4.12. The summed E-state index contributed by atoms with van der Waals surface area (Å²) < 4.78 is 9.72. The molecule has 4 amide bonds. The molecule has 2 saturated heterocycles. The molecule has 2 N–H and O–H groups in total. The fraction of sp³-hybridized carbons (Fsp3) is 0.440. The summed E-state index contributed by atoms with van der Waals surface area (Å²) in [4.78, 5) is 75.6. The summed E-state index contributed by atoms with van der Waals surface area (Å²) in [5, 5.41) is 7.54. The zero-order valence-corrected chi connectivity index (χ0v) is 20.7. The van der Waals surface area contributed by atoms with E-state index < -0.39 is 41.7 Å². The van der Waals surface area contributed by atoms with Gasteiger partial charge in [0.2, 0.25) is 11.8 Å². The number of carbonyl (C=O) groups is 6. The minimum atomic E-state index is -1.10. The molecule has 12 nitrogen and oxygen atoms in total. The van der Waals surface area contributed by atoms with E-state index in [0.717, 1.165) is 18.2 Å². The lowest BCUT2D eigenvalue weighted by Crippen LogP contribution is -2.63. The van der Waals surface area contributed by atoms with Crippen molar-refractivity contribution in [3.63, 3.8) is 0 Å². The van der Waals surface area contributed by atoms with Crippen LogP contribution in [0.1, 0.15) is 56.3 Å². The molecule has 0 aromatic heterocycles. The van der Waals surface area contributed by atoms with E-state index in [0.29, 0.717) is 12.0 Å². The Morgan fingerprint density at radius 3 is 2.51 bits per heavy atom. The summed E-state index contributed by atoms with van der Waals surface area (Å²) in [5.74, 6) is -3.40. The number of nitrogens with zero attached hydrogens (tertiary/aromatic N) is 2. The Balaban J connectivity index is 1.81. The summed E-state index contributed by atoms with van der Waals surface area (Å²) in [5.41, 5.74) is 0.313. The maximum atomic E-state index is 13.5. The Morgan fingerprint density at radius 1 is 1.11 bits per heavy atom. The van der Waals surface area contributed by atoms with Crippen molar-refractivity contribution in [3.05, 3.63) is 47.9 Å². The molecule has 2 unspecified atom stereocenters. The van der Waals surface area contributed by atoms with E-state index in [1.165, 1.54) is 5.01 Å². The maximum absolute atomic E-state index is 13.5. The molecule has 2 aliphatic heterocycles. The van der Waals surface area contributed by atoms with Crippen molar-refractivity contribution >= 4 is 35.6 Å². The highest BCUT2D eigenvalue weighted by Crippen LogP contribution is 2.25. The average molecular weight is 515 g/mol. The predicted molar refractivity (Wildman–Crippen MR) is 128 cm³/mol. The minimum absolute atomic E-state index is 0.0107. The number of amides is 4. The van der Waals surface area contributed by atoms with Crippen LogP contribution >= 0.6 is 0 Å². The highest BCUT2D eigenvalue weighted by atomic mass is 16.5. The number of esters is 2. The van der Waals surface area contributed by atoms with Gasteiger partial charge in [-0.2, -0.15) is 0 Å². The third-order valence-corrected chi connectivity index (χ3v) is 5.80. The molecule has 2 fully saturated rings. The molecule has 37 heavy (non-hydrogen) atoms. The maximum Gasteiger partial charge on any atom is 0.311 e. The van der Waals surface area contributed by atoms with E-state index in [2.05, 4.69) is 10.6 Å². The van der Waals surface area contributed by atoms with Gasteiger partial charge in [0.25, 0.3) is 11.8 Å². The molecule has 0 aliphatic carbocycles. The standard InChI is InChI=1S/C25H30N4O8/c1-3-36-22(32)14-18(15-37-16(2)30)26-24(34)20-10-7-13-28-21(31)12-11-19(25(35)29(20)28)27-23(33)17-8-5-4-6-9-17/h4-6,8-9,15,19-20H,3,7,10-14H2,1-2H3,(H,26,34)(H,27,33). The Bertz CT molecular complexity index is 1090. The van der Waals surface area contributed by atoms with Crippen molar-refractivity contribution in [2.75, 3.05) is 13.2 Å². The number of rotatable bonds is 8. The number of nitrogens with one attached hydrogen (secondary N) is 2. The highest BCUT2D eigenvalue weighted by molar-refractivity contribution is 5.99. The number of hydrogen-bond acceptors (Lipinski definition) is 8. The van der Waals surface area contributed by atoms with Crippen LogP contribution in [0.15, 0.2) is 42.3 Å². The van der Waals surface area contributed by atoms with E-state index in [1.807, 2.05) is 0 Å². The number of hydrogen-bond donors (Lipinski definition) is 2. The van der Waals surface area contributed by atoms with E-state index in [1.54, 1.807) is 37.3 Å². The zero-order chi connectivity index (χ0) is 26.9. The second-order valence-corrected chi connectivity index (χ2v) is 8.51. The van der Waals surface area contributed by atoms with E-state index in [9.17, 15) is 28.8 Å². The number of fused-ring (bicyclic) bond motifs is 1. The first-order valence-corrected chi connectivity index (χ1v) is 12.0. The molecule has 3 rings (SSSR count). The van der Waals surface area contributed by atoms with Gasteiger partial charge >= 0.3 is 11.9 Å². The largest absolute Gasteiger partial charge is 0.466 e. The van der Waals surface area contributed by atoms with Crippen molar-refractivity contribution in [3.8, 4) is 0 Å². The molecule has 1 aromatic carbocycles. The monoisotopic (exact) mass is 514 g/mol. The van der Waals surface area contributed by atoms with Crippen molar-refractivity contribution in [1.82, 2.24) is 20.7 Å². The topological polar surface area (TPSA) is 151 Å². The Hall–Kier alpha value is -4.22. The van der Waals surface area contributed by atoms with E-state index >= 15 is 0 Å². The van der Waals surface area contributed by atoms with Gasteiger partial charge in [0.05, 0.1) is 18.7 Å². The third-order valence-electron chi connectivity index (χ3n) is 5.80. The first kappa shape index (κ1) is 27.4. The summed E-state index contributed by atoms with van der Waals surface area (Å²) in [6.07, 6.45) is 1.34. The van der Waals surface area contributed by atoms with Gasteiger partial charge in [-0.15, -0.1) is 0 Å². The lowest BCUT2D eigenvalue weighted by molar-refractivity contribution is -0.175. The number of ether oxygens (including phenoxy) is 2. The molecule has 1 aromatic rings. The van der Waals surface area contributed by atoms with Crippen LogP contribution in [-0.2, 0) is 33.4 Å². The van der Waals surface area contributed by atoms with Crippen LogP contribution in [0.2, 0.25) is 0 Å². The fourth-order valence-electron chi connectivity index (χ4n) is 4.12. The Labute approximate surface area is 213 Å². The van der Waals surface area contributed by atoms with Crippen LogP contribution in [0.5, 0.6) is 0 Å². The molecule has 0 bridgehead atoms. The van der Waals surface area contributed by atoms with Crippen molar-refractivity contribution in [2.45, 2.75) is 58.0 Å². The first-order valence-electron chi connectivity index (χ1n) is 12.0. The molecule has 2 atom stereocenters. The van der Waals surface area contributed by atoms with Gasteiger partial charge in [-0.3, -0.25) is 33.8 Å². The molecule has 198 valence electrons. The van der Waals surface area contributed by atoms with Gasteiger partial charge in [-0.25, -0.2) is 5.01 Å². The summed E-state index contributed by atoms with van der Waals surface area (Å²) in [6.45, 7) is 3.14. The lowest BCUT2D eigenvalue weighted by atomic mass is 10.1. The van der Waals surface area contributed by atoms with Crippen LogP contribution in [0.25, 0.3) is 0 Å². The number of carbonyl (C=O) groups excluding carboxylic acids is 6. The third kappa shape index (κ3) is 7.15. The van der Waals surface area contributed by atoms with Crippen molar-refractivity contribution in [2.24, 2.45) is 0 Å². The van der Waals surface area contributed by atoms with E-state index in [4.69, 9.17) is 9.47 Å². The van der Waals surface area contributed by atoms with Gasteiger partial charge in [0.1, 0.15) is 18.3 Å². The molecule has 2 heterocycles. The van der Waals surface area contributed by atoms with Gasteiger partial charge in [-0.1, -0.05) is 18.2 Å². The summed E-state index contributed by atoms with van der Waals surface area (Å²) in [7, 11) is 0. The van der Waals surface area contributed by atoms with Crippen molar-refractivity contribution in [1.29, 1.82) is 0 Å². The van der Waals surface area contributed by atoms with Crippen molar-refractivity contribution < 1.29 is 38.2 Å². The Morgan fingerprint density at radius 2 is 1.84 bits per heavy atom. The molecule has 0 radical (unpaired) electrons. The molecule has 0 saturated carbocycles. The minimum Gasteiger partial charge on any atom is -0.466 e. The molecule has 12 heteroatoms. The van der Waals surface area contributed by atoms with Crippen LogP contribution < -0.4 is 10.6 Å². The van der Waals surface area contributed by atoms with Crippen LogP contribution in [0, 0.1) is 0 Å².